The molecule has 1 aliphatic heterocycles. The van der Waals surface area contributed by atoms with Crippen molar-refractivity contribution in [1.82, 2.24) is 10.2 Å². The van der Waals surface area contributed by atoms with Crippen molar-refractivity contribution in [3.05, 3.63) is 59.9 Å². The molecule has 0 saturated carbocycles. The normalized spacial score (nSPS) is 14.3. The SMILES string of the molecule is Cc1ccc(OCC(=O)NCCC2CCN(C(=O)Nc3cccc(F)c3)CC2)cc1. The van der Waals surface area contributed by atoms with Gasteiger partial charge in [-0.3, -0.25) is 4.79 Å². The predicted octanol–water partition coefficient (Wildman–Crippen LogP) is 3.96. The number of hydrogen-bond donors (Lipinski definition) is 2. The molecule has 1 aliphatic rings. The fourth-order valence-electron chi connectivity index (χ4n) is 3.44. The summed E-state index contributed by atoms with van der Waals surface area (Å²) in [4.78, 5) is 26.0. The van der Waals surface area contributed by atoms with Gasteiger partial charge in [0.2, 0.25) is 0 Å². The molecule has 30 heavy (non-hydrogen) atoms. The standard InChI is InChI=1S/C23H28FN3O3/c1-17-5-7-21(8-6-17)30-16-22(28)25-12-9-18-10-13-27(14-11-18)23(29)26-20-4-2-3-19(24)15-20/h2-8,15,18H,9-14,16H2,1H3,(H,25,28)(H,26,29). The van der Waals surface area contributed by atoms with Crippen LogP contribution < -0.4 is 15.4 Å². The number of nitrogens with one attached hydrogen (secondary N) is 2. The highest BCUT2D eigenvalue weighted by Crippen LogP contribution is 2.21. The molecule has 3 rings (SSSR count). The molecular weight excluding hydrogens is 385 g/mol. The van der Waals surface area contributed by atoms with Gasteiger partial charge in [0.15, 0.2) is 6.61 Å². The number of ether oxygens (including phenoxy) is 1. The Kier molecular flexibility index (Phi) is 7.65. The summed E-state index contributed by atoms with van der Waals surface area (Å²) >= 11 is 0. The van der Waals surface area contributed by atoms with Gasteiger partial charge in [-0.05, 0) is 62.4 Å². The number of carbonyl (C=O) groups excluding carboxylic acids is 2. The molecule has 0 aliphatic carbocycles. The van der Waals surface area contributed by atoms with Crippen LogP contribution in [0.5, 0.6) is 5.75 Å². The molecular formula is C23H28FN3O3. The Bertz CT molecular complexity index is 849. The van der Waals surface area contributed by atoms with Gasteiger partial charge in [0.25, 0.3) is 5.91 Å². The van der Waals surface area contributed by atoms with Crippen molar-refractivity contribution in [1.29, 1.82) is 0 Å². The number of nitrogens with zero attached hydrogens (tertiary/aromatic N) is 1. The largest absolute Gasteiger partial charge is 0.484 e. The highest BCUT2D eigenvalue weighted by Gasteiger charge is 2.22. The highest BCUT2D eigenvalue weighted by molar-refractivity contribution is 5.89. The van der Waals surface area contributed by atoms with Gasteiger partial charge < -0.3 is 20.3 Å². The molecule has 160 valence electrons. The van der Waals surface area contributed by atoms with Gasteiger partial charge in [0.05, 0.1) is 0 Å². The number of halogens is 1. The van der Waals surface area contributed by atoms with E-state index in [0.717, 1.165) is 24.8 Å². The third-order valence-electron chi connectivity index (χ3n) is 5.24. The molecule has 1 saturated heterocycles. The Morgan fingerprint density at radius 2 is 1.87 bits per heavy atom. The van der Waals surface area contributed by atoms with E-state index in [1.807, 2.05) is 31.2 Å². The number of likely N-dealkylation sites (tertiary alicyclic amines) is 1. The van der Waals surface area contributed by atoms with Crippen molar-refractivity contribution in [3.8, 4) is 5.75 Å². The topological polar surface area (TPSA) is 70.7 Å². The lowest BCUT2D eigenvalue weighted by molar-refractivity contribution is -0.123. The van der Waals surface area contributed by atoms with Gasteiger partial charge in [-0.15, -0.1) is 0 Å². The van der Waals surface area contributed by atoms with Gasteiger partial charge in [-0.25, -0.2) is 9.18 Å². The summed E-state index contributed by atoms with van der Waals surface area (Å²) in [7, 11) is 0. The average Bonchev–Trinajstić information content (AvgIpc) is 2.74. The minimum absolute atomic E-state index is 0.00174. The first kappa shape index (κ1) is 21.6. The second kappa shape index (κ2) is 10.6. The molecule has 2 aromatic rings. The Morgan fingerprint density at radius 3 is 2.57 bits per heavy atom. The van der Waals surface area contributed by atoms with E-state index < -0.39 is 0 Å². The Hall–Kier alpha value is -3.09. The zero-order valence-corrected chi connectivity index (χ0v) is 17.2. The summed E-state index contributed by atoms with van der Waals surface area (Å²) in [5, 5.41) is 5.62. The van der Waals surface area contributed by atoms with Crippen molar-refractivity contribution >= 4 is 17.6 Å². The molecule has 0 unspecified atom stereocenters. The van der Waals surface area contributed by atoms with Crippen LogP contribution in [0, 0.1) is 18.7 Å². The number of piperidine rings is 1. The molecule has 1 heterocycles. The zero-order valence-electron chi connectivity index (χ0n) is 17.2. The van der Waals surface area contributed by atoms with Gasteiger partial charge in [-0.1, -0.05) is 23.8 Å². The van der Waals surface area contributed by atoms with Crippen LogP contribution in [0.25, 0.3) is 0 Å². The van der Waals surface area contributed by atoms with Crippen molar-refractivity contribution in [2.45, 2.75) is 26.2 Å². The maximum absolute atomic E-state index is 13.2. The maximum atomic E-state index is 13.2. The van der Waals surface area contributed by atoms with Crippen molar-refractivity contribution in [2.75, 3.05) is 31.6 Å². The van der Waals surface area contributed by atoms with Crippen molar-refractivity contribution in [3.63, 3.8) is 0 Å². The van der Waals surface area contributed by atoms with Crippen LogP contribution in [0.4, 0.5) is 14.9 Å². The van der Waals surface area contributed by atoms with Crippen LogP contribution >= 0.6 is 0 Å². The van der Waals surface area contributed by atoms with Crippen LogP contribution in [0.2, 0.25) is 0 Å². The van der Waals surface area contributed by atoms with E-state index in [1.54, 1.807) is 17.0 Å². The van der Waals surface area contributed by atoms with E-state index in [0.29, 0.717) is 37.0 Å². The van der Waals surface area contributed by atoms with Gasteiger partial charge in [0.1, 0.15) is 11.6 Å². The molecule has 0 aromatic heterocycles. The van der Waals surface area contributed by atoms with Crippen LogP contribution in [0.15, 0.2) is 48.5 Å². The summed E-state index contributed by atoms with van der Waals surface area (Å²) in [5.41, 5.74) is 1.60. The summed E-state index contributed by atoms with van der Waals surface area (Å²) in [6, 6.07) is 13.2. The monoisotopic (exact) mass is 413 g/mol. The third kappa shape index (κ3) is 6.76. The molecule has 2 N–H and O–H groups in total. The second-order valence-electron chi connectivity index (χ2n) is 7.61. The van der Waals surface area contributed by atoms with Crippen LogP contribution in [-0.2, 0) is 4.79 Å². The molecule has 1 fully saturated rings. The number of aryl methyl sites for hydroxylation is 1. The van der Waals surface area contributed by atoms with E-state index >= 15 is 0 Å². The number of amides is 3. The molecule has 7 heteroatoms. The number of carbonyl (C=O) groups is 2. The van der Waals surface area contributed by atoms with Crippen LogP contribution in [0.3, 0.4) is 0 Å². The first-order valence-electron chi connectivity index (χ1n) is 10.3. The van der Waals surface area contributed by atoms with E-state index in [2.05, 4.69) is 10.6 Å². The van der Waals surface area contributed by atoms with Gasteiger partial charge >= 0.3 is 6.03 Å². The minimum atomic E-state index is -0.377. The summed E-state index contributed by atoms with van der Waals surface area (Å²) in [5.74, 6) is 0.626. The molecule has 3 amide bonds. The van der Waals surface area contributed by atoms with E-state index in [9.17, 15) is 14.0 Å². The lowest BCUT2D eigenvalue weighted by Gasteiger charge is -2.32. The van der Waals surface area contributed by atoms with Gasteiger partial charge in [0, 0.05) is 25.3 Å². The van der Waals surface area contributed by atoms with E-state index in [-0.39, 0.29) is 24.4 Å². The Labute approximate surface area is 176 Å². The average molecular weight is 413 g/mol. The fraction of sp³-hybridized carbons (Fsp3) is 0.391. The van der Waals surface area contributed by atoms with Crippen LogP contribution in [-0.4, -0.2) is 43.1 Å². The first-order valence-corrected chi connectivity index (χ1v) is 10.3. The number of urea groups is 1. The molecule has 6 nitrogen and oxygen atoms in total. The number of anilines is 1. The van der Waals surface area contributed by atoms with Crippen molar-refractivity contribution < 1.29 is 18.7 Å². The summed E-state index contributed by atoms with van der Waals surface area (Å²) in [6.45, 7) is 3.89. The predicted molar refractivity (Wildman–Crippen MR) is 114 cm³/mol. The smallest absolute Gasteiger partial charge is 0.321 e. The van der Waals surface area contributed by atoms with E-state index in [4.69, 9.17) is 4.74 Å². The van der Waals surface area contributed by atoms with E-state index in [1.165, 1.54) is 12.1 Å². The lowest BCUT2D eigenvalue weighted by Crippen LogP contribution is -2.41. The van der Waals surface area contributed by atoms with Gasteiger partial charge in [-0.2, -0.15) is 0 Å². The molecule has 0 atom stereocenters. The molecule has 0 radical (unpaired) electrons. The number of benzene rings is 2. The Balaban J connectivity index is 1.30. The quantitative estimate of drug-likeness (QED) is 0.722. The summed E-state index contributed by atoms with van der Waals surface area (Å²) in [6.07, 6.45) is 2.63. The first-order chi connectivity index (χ1) is 14.5. The van der Waals surface area contributed by atoms with Crippen LogP contribution in [0.1, 0.15) is 24.8 Å². The molecule has 2 aromatic carbocycles. The minimum Gasteiger partial charge on any atom is -0.484 e. The third-order valence-corrected chi connectivity index (χ3v) is 5.24. The second-order valence-corrected chi connectivity index (χ2v) is 7.61. The Morgan fingerprint density at radius 1 is 1.13 bits per heavy atom. The zero-order chi connectivity index (χ0) is 21.3. The fourth-order valence-corrected chi connectivity index (χ4v) is 3.44. The number of rotatable bonds is 7. The summed E-state index contributed by atoms with van der Waals surface area (Å²) < 4.78 is 18.7. The molecule has 0 bridgehead atoms. The lowest BCUT2D eigenvalue weighted by atomic mass is 9.94. The van der Waals surface area contributed by atoms with Crippen molar-refractivity contribution in [2.24, 2.45) is 5.92 Å². The highest BCUT2D eigenvalue weighted by atomic mass is 19.1. The molecule has 0 spiro atoms. The maximum Gasteiger partial charge on any atom is 0.321 e. The number of hydrogen-bond acceptors (Lipinski definition) is 3.